The molecule has 0 saturated carbocycles. The van der Waals surface area contributed by atoms with Crippen LogP contribution in [0.4, 0.5) is 8.78 Å². The molecule has 2 N–H and O–H groups in total. The van der Waals surface area contributed by atoms with E-state index in [1.807, 2.05) is 30.3 Å². The summed E-state index contributed by atoms with van der Waals surface area (Å²) in [6.45, 7) is -1.56. The van der Waals surface area contributed by atoms with Gasteiger partial charge in [-0.2, -0.15) is 8.78 Å². The van der Waals surface area contributed by atoms with Crippen LogP contribution in [0.25, 0.3) is 0 Å². The van der Waals surface area contributed by atoms with E-state index < -0.39 is 6.61 Å². The molecule has 4 nitrogen and oxygen atoms in total. The maximum atomic E-state index is 12.6. The molecule has 6 heteroatoms. The van der Waals surface area contributed by atoms with Crippen molar-refractivity contribution in [2.75, 3.05) is 19.6 Å². The van der Waals surface area contributed by atoms with Crippen LogP contribution in [0, 0.1) is 0 Å². The van der Waals surface area contributed by atoms with Crippen molar-refractivity contribution in [3.05, 3.63) is 65.7 Å². The fourth-order valence-electron chi connectivity index (χ4n) is 2.34. The van der Waals surface area contributed by atoms with Gasteiger partial charge in [0.2, 0.25) is 0 Å². The van der Waals surface area contributed by atoms with Crippen molar-refractivity contribution in [3.63, 3.8) is 0 Å². The number of carbonyl (C=O) groups is 1. The fraction of sp³-hybridized carbons (Fsp3) is 0.278. The molecule has 1 amide bonds. The topological polar surface area (TPSA) is 55.6 Å². The molecule has 0 heterocycles. The number of nitrogens with two attached hydrogens (primary N) is 1. The average molecular weight is 334 g/mol. The zero-order valence-electron chi connectivity index (χ0n) is 13.2. The van der Waals surface area contributed by atoms with Crippen LogP contribution >= 0.6 is 0 Å². The third-order valence-electron chi connectivity index (χ3n) is 3.53. The minimum Gasteiger partial charge on any atom is -0.435 e. The molecule has 2 aromatic carbocycles. The molecule has 0 spiro atoms. The van der Waals surface area contributed by atoms with Crippen LogP contribution in [0.15, 0.2) is 54.6 Å². The largest absolute Gasteiger partial charge is 0.435 e. The molecule has 0 saturated heterocycles. The second-order valence-electron chi connectivity index (χ2n) is 5.22. The molecule has 0 aromatic heterocycles. The molecule has 128 valence electrons. The van der Waals surface area contributed by atoms with Crippen molar-refractivity contribution in [3.8, 4) is 5.75 Å². The molecule has 24 heavy (non-hydrogen) atoms. The lowest BCUT2D eigenvalue weighted by Crippen LogP contribution is -2.36. The normalized spacial score (nSPS) is 10.7. The first-order valence-corrected chi connectivity index (χ1v) is 7.68. The molecular formula is C18H20F2N2O2. The Hall–Kier alpha value is -2.47. The summed E-state index contributed by atoms with van der Waals surface area (Å²) >= 11 is 0. The van der Waals surface area contributed by atoms with E-state index in [2.05, 4.69) is 4.74 Å². The summed E-state index contributed by atoms with van der Waals surface area (Å²) in [5.74, 6) is -0.156. The van der Waals surface area contributed by atoms with Gasteiger partial charge in [-0.25, -0.2) is 0 Å². The number of hydrogen-bond donors (Lipinski definition) is 1. The zero-order chi connectivity index (χ0) is 17.4. The van der Waals surface area contributed by atoms with Gasteiger partial charge in [0.15, 0.2) is 0 Å². The van der Waals surface area contributed by atoms with Crippen LogP contribution in [-0.2, 0) is 6.42 Å². The van der Waals surface area contributed by atoms with E-state index in [4.69, 9.17) is 5.73 Å². The first-order chi connectivity index (χ1) is 11.6. The summed E-state index contributed by atoms with van der Waals surface area (Å²) in [6, 6.07) is 15.5. The highest BCUT2D eigenvalue weighted by atomic mass is 19.3. The van der Waals surface area contributed by atoms with Gasteiger partial charge in [-0.1, -0.05) is 30.3 Å². The number of carbonyl (C=O) groups excluding carboxylic acids is 1. The van der Waals surface area contributed by atoms with Crippen molar-refractivity contribution in [2.45, 2.75) is 13.0 Å². The van der Waals surface area contributed by atoms with Gasteiger partial charge in [0.1, 0.15) is 5.75 Å². The van der Waals surface area contributed by atoms with Crippen LogP contribution in [0.1, 0.15) is 15.9 Å². The molecular weight excluding hydrogens is 314 g/mol. The van der Waals surface area contributed by atoms with E-state index in [0.29, 0.717) is 25.2 Å². The van der Waals surface area contributed by atoms with Crippen LogP contribution < -0.4 is 10.5 Å². The second kappa shape index (κ2) is 8.98. The Labute approximate surface area is 139 Å². The standard InChI is InChI=1S/C18H20F2N2O2/c19-18(20)24-16-8-6-15(7-9-16)17(23)22(13-11-21)12-10-14-4-2-1-3-5-14/h1-9,18H,10-13,21H2. The van der Waals surface area contributed by atoms with E-state index in [0.717, 1.165) is 12.0 Å². The molecule has 0 bridgehead atoms. The van der Waals surface area contributed by atoms with Crippen LogP contribution in [-0.4, -0.2) is 37.1 Å². The molecule has 0 unspecified atom stereocenters. The van der Waals surface area contributed by atoms with Gasteiger partial charge < -0.3 is 15.4 Å². The maximum Gasteiger partial charge on any atom is 0.387 e. The van der Waals surface area contributed by atoms with Crippen LogP contribution in [0.2, 0.25) is 0 Å². The molecule has 2 rings (SSSR count). The summed E-state index contributed by atoms with van der Waals surface area (Å²) in [4.78, 5) is 14.2. The second-order valence-corrected chi connectivity index (χ2v) is 5.22. The van der Waals surface area contributed by atoms with Gasteiger partial charge in [0.05, 0.1) is 0 Å². The highest BCUT2D eigenvalue weighted by Crippen LogP contribution is 2.16. The van der Waals surface area contributed by atoms with E-state index in [1.54, 1.807) is 4.90 Å². The highest BCUT2D eigenvalue weighted by Gasteiger charge is 2.15. The van der Waals surface area contributed by atoms with E-state index >= 15 is 0 Å². The number of alkyl halides is 2. The number of halogens is 2. The maximum absolute atomic E-state index is 12.6. The number of rotatable bonds is 8. The van der Waals surface area contributed by atoms with Crippen molar-refractivity contribution in [1.82, 2.24) is 4.90 Å². The Balaban J connectivity index is 2.02. The van der Waals surface area contributed by atoms with Crippen LogP contribution in [0.5, 0.6) is 5.75 Å². The smallest absolute Gasteiger partial charge is 0.387 e. The third kappa shape index (κ3) is 5.31. The summed E-state index contributed by atoms with van der Waals surface area (Å²) in [7, 11) is 0. The molecule has 0 aliphatic rings. The van der Waals surface area contributed by atoms with Crippen LogP contribution in [0.3, 0.4) is 0 Å². The fourth-order valence-corrected chi connectivity index (χ4v) is 2.34. The summed E-state index contributed by atoms with van der Waals surface area (Å²) in [5.41, 5.74) is 7.14. The minimum absolute atomic E-state index is 0.0243. The molecule has 0 atom stereocenters. The molecule has 0 radical (unpaired) electrons. The molecule has 0 aliphatic carbocycles. The Kier molecular flexibility index (Phi) is 6.69. The Bertz CT molecular complexity index is 633. The van der Waals surface area contributed by atoms with Gasteiger partial charge in [0.25, 0.3) is 5.91 Å². The van der Waals surface area contributed by atoms with E-state index in [1.165, 1.54) is 24.3 Å². The number of benzene rings is 2. The number of ether oxygens (including phenoxy) is 1. The van der Waals surface area contributed by atoms with Gasteiger partial charge >= 0.3 is 6.61 Å². The molecule has 0 fully saturated rings. The molecule has 0 aliphatic heterocycles. The monoisotopic (exact) mass is 334 g/mol. The SMILES string of the molecule is NCCN(CCc1ccccc1)C(=O)c1ccc(OC(F)F)cc1. The quantitative estimate of drug-likeness (QED) is 0.807. The summed E-state index contributed by atoms with van der Waals surface area (Å²) < 4.78 is 28.6. The van der Waals surface area contributed by atoms with Gasteiger partial charge in [-0.3, -0.25) is 4.79 Å². The van der Waals surface area contributed by atoms with Gasteiger partial charge in [0, 0.05) is 25.2 Å². The predicted octanol–water partition coefficient (Wildman–Crippen LogP) is 2.93. The lowest BCUT2D eigenvalue weighted by Gasteiger charge is -2.22. The van der Waals surface area contributed by atoms with Crippen molar-refractivity contribution in [1.29, 1.82) is 0 Å². The van der Waals surface area contributed by atoms with Gasteiger partial charge in [-0.15, -0.1) is 0 Å². The Morgan fingerprint density at radius 3 is 2.29 bits per heavy atom. The highest BCUT2D eigenvalue weighted by molar-refractivity contribution is 5.94. The molecule has 2 aromatic rings. The van der Waals surface area contributed by atoms with Gasteiger partial charge in [-0.05, 0) is 36.2 Å². The number of amides is 1. The minimum atomic E-state index is -2.88. The van der Waals surface area contributed by atoms with Crippen molar-refractivity contribution < 1.29 is 18.3 Å². The lowest BCUT2D eigenvalue weighted by molar-refractivity contribution is -0.0498. The predicted molar refractivity (Wildman–Crippen MR) is 88.2 cm³/mol. The third-order valence-corrected chi connectivity index (χ3v) is 3.53. The first kappa shape index (κ1) is 17.9. The number of hydrogen-bond acceptors (Lipinski definition) is 3. The number of nitrogens with zero attached hydrogens (tertiary/aromatic N) is 1. The first-order valence-electron chi connectivity index (χ1n) is 7.68. The van der Waals surface area contributed by atoms with E-state index in [-0.39, 0.29) is 11.7 Å². The average Bonchev–Trinajstić information content (AvgIpc) is 2.59. The zero-order valence-corrected chi connectivity index (χ0v) is 13.2. The van der Waals surface area contributed by atoms with E-state index in [9.17, 15) is 13.6 Å². The summed E-state index contributed by atoms with van der Waals surface area (Å²) in [5, 5.41) is 0. The Morgan fingerprint density at radius 2 is 1.71 bits per heavy atom. The summed E-state index contributed by atoms with van der Waals surface area (Å²) in [6.07, 6.45) is 0.721. The lowest BCUT2D eigenvalue weighted by atomic mass is 10.1. The van der Waals surface area contributed by atoms with Crippen molar-refractivity contribution in [2.24, 2.45) is 5.73 Å². The van der Waals surface area contributed by atoms with Crippen molar-refractivity contribution >= 4 is 5.91 Å². The Morgan fingerprint density at radius 1 is 1.04 bits per heavy atom.